The van der Waals surface area contributed by atoms with Crippen molar-refractivity contribution in [2.24, 2.45) is 0 Å². The predicted molar refractivity (Wildman–Crippen MR) is 110 cm³/mol. The van der Waals surface area contributed by atoms with Gasteiger partial charge in [-0.25, -0.2) is 0 Å². The second kappa shape index (κ2) is 9.80. The normalized spacial score (nSPS) is 14.1. The molecule has 0 N–H and O–H groups in total. The van der Waals surface area contributed by atoms with Crippen LogP contribution < -0.4 is 4.74 Å². The Balaban J connectivity index is 1.41. The van der Waals surface area contributed by atoms with E-state index in [2.05, 4.69) is 0 Å². The van der Waals surface area contributed by atoms with E-state index >= 15 is 0 Å². The lowest BCUT2D eigenvalue weighted by Crippen LogP contribution is -2.51. The van der Waals surface area contributed by atoms with E-state index in [4.69, 9.17) is 27.9 Å². The van der Waals surface area contributed by atoms with E-state index in [0.29, 0.717) is 48.4 Å². The molecular weight excluding hydrogens is 399 g/mol. The van der Waals surface area contributed by atoms with E-state index in [-0.39, 0.29) is 18.4 Å². The molecule has 2 aromatic rings. The van der Waals surface area contributed by atoms with Gasteiger partial charge in [-0.1, -0.05) is 53.5 Å². The molecular formula is C21H22Cl2N2O3. The minimum atomic E-state index is -0.123. The van der Waals surface area contributed by atoms with Gasteiger partial charge in [0.05, 0.1) is 5.02 Å². The van der Waals surface area contributed by atoms with Gasteiger partial charge in [-0.3, -0.25) is 9.59 Å². The maximum absolute atomic E-state index is 12.4. The average Bonchev–Trinajstić information content (AvgIpc) is 2.72. The molecule has 3 rings (SSSR count). The quantitative estimate of drug-likeness (QED) is 0.715. The zero-order chi connectivity index (χ0) is 19.9. The molecule has 0 spiro atoms. The highest BCUT2D eigenvalue weighted by Crippen LogP contribution is 2.27. The first-order valence-electron chi connectivity index (χ1n) is 9.20. The number of carbonyl (C=O) groups excluding carboxylic acids is 2. The van der Waals surface area contributed by atoms with Gasteiger partial charge in [-0.2, -0.15) is 0 Å². The van der Waals surface area contributed by atoms with Crippen LogP contribution in [-0.2, 0) is 16.0 Å². The summed E-state index contributed by atoms with van der Waals surface area (Å²) in [5, 5.41) is 0.880. The fraction of sp³-hybridized carbons (Fsp3) is 0.333. The van der Waals surface area contributed by atoms with Gasteiger partial charge in [0.2, 0.25) is 5.91 Å². The highest BCUT2D eigenvalue weighted by atomic mass is 35.5. The molecule has 1 aliphatic rings. The van der Waals surface area contributed by atoms with Crippen molar-refractivity contribution in [1.29, 1.82) is 0 Å². The van der Waals surface area contributed by atoms with E-state index in [1.54, 1.807) is 23.1 Å². The van der Waals surface area contributed by atoms with Crippen LogP contribution in [0.15, 0.2) is 48.5 Å². The fourth-order valence-corrected chi connectivity index (χ4v) is 3.55. The number of amides is 2. The third-order valence-electron chi connectivity index (χ3n) is 4.70. The summed E-state index contributed by atoms with van der Waals surface area (Å²) >= 11 is 11.9. The number of carbonyl (C=O) groups is 2. The summed E-state index contributed by atoms with van der Waals surface area (Å²) in [5.41, 5.74) is 1.16. The second-order valence-corrected chi connectivity index (χ2v) is 7.45. The Bertz CT molecular complexity index is 822. The maximum Gasteiger partial charge on any atom is 0.260 e. The summed E-state index contributed by atoms with van der Waals surface area (Å²) in [6.07, 6.45) is 1.21. The molecule has 1 aliphatic heterocycles. The molecule has 1 heterocycles. The monoisotopic (exact) mass is 420 g/mol. The van der Waals surface area contributed by atoms with E-state index in [9.17, 15) is 9.59 Å². The first-order chi connectivity index (χ1) is 13.5. The second-order valence-electron chi connectivity index (χ2n) is 6.61. The summed E-state index contributed by atoms with van der Waals surface area (Å²) in [5.74, 6) is 0.427. The van der Waals surface area contributed by atoms with Crippen LogP contribution in [0.1, 0.15) is 12.0 Å². The van der Waals surface area contributed by atoms with Crippen LogP contribution in [0, 0.1) is 0 Å². The van der Waals surface area contributed by atoms with E-state index in [1.165, 1.54) is 0 Å². The molecule has 0 radical (unpaired) electrons. The van der Waals surface area contributed by atoms with Crippen LogP contribution >= 0.6 is 23.2 Å². The Morgan fingerprint density at radius 2 is 1.54 bits per heavy atom. The first kappa shape index (κ1) is 20.5. The van der Waals surface area contributed by atoms with Gasteiger partial charge in [-0.05, 0) is 30.2 Å². The lowest BCUT2D eigenvalue weighted by Gasteiger charge is -2.34. The summed E-state index contributed by atoms with van der Waals surface area (Å²) < 4.78 is 5.51. The van der Waals surface area contributed by atoms with E-state index in [0.717, 1.165) is 12.0 Å². The van der Waals surface area contributed by atoms with Gasteiger partial charge in [0, 0.05) is 37.6 Å². The highest BCUT2D eigenvalue weighted by molar-refractivity contribution is 6.35. The largest absolute Gasteiger partial charge is 0.482 e. The number of hydrogen-bond donors (Lipinski definition) is 0. The van der Waals surface area contributed by atoms with Crippen molar-refractivity contribution in [3.8, 4) is 5.75 Å². The van der Waals surface area contributed by atoms with Gasteiger partial charge in [0.1, 0.15) is 5.75 Å². The van der Waals surface area contributed by atoms with Crippen LogP contribution in [0.5, 0.6) is 5.75 Å². The number of benzene rings is 2. The lowest BCUT2D eigenvalue weighted by atomic mass is 10.1. The molecule has 0 aromatic heterocycles. The number of rotatable bonds is 6. The van der Waals surface area contributed by atoms with Crippen molar-refractivity contribution in [3.05, 3.63) is 64.1 Å². The molecule has 28 heavy (non-hydrogen) atoms. The minimum absolute atomic E-state index is 0.0939. The van der Waals surface area contributed by atoms with Crippen molar-refractivity contribution in [1.82, 2.24) is 9.80 Å². The van der Waals surface area contributed by atoms with Crippen LogP contribution in [0.3, 0.4) is 0 Å². The third kappa shape index (κ3) is 5.63. The summed E-state index contributed by atoms with van der Waals surface area (Å²) in [6, 6.07) is 14.8. The Morgan fingerprint density at radius 1 is 0.893 bits per heavy atom. The molecule has 0 atom stereocenters. The molecule has 2 amide bonds. The number of piperazine rings is 1. The number of nitrogens with zero attached hydrogens (tertiary/aromatic N) is 2. The van der Waals surface area contributed by atoms with E-state index < -0.39 is 0 Å². The van der Waals surface area contributed by atoms with Gasteiger partial charge in [0.15, 0.2) is 6.61 Å². The van der Waals surface area contributed by atoms with Crippen molar-refractivity contribution in [2.75, 3.05) is 32.8 Å². The van der Waals surface area contributed by atoms with Crippen LogP contribution in [0.25, 0.3) is 0 Å². The minimum Gasteiger partial charge on any atom is -0.482 e. The van der Waals surface area contributed by atoms with Crippen molar-refractivity contribution in [2.45, 2.75) is 12.8 Å². The molecule has 0 aliphatic carbocycles. The summed E-state index contributed by atoms with van der Waals surface area (Å²) in [4.78, 5) is 28.3. The summed E-state index contributed by atoms with van der Waals surface area (Å²) in [7, 11) is 0. The fourth-order valence-electron chi connectivity index (χ4n) is 3.08. The molecule has 148 valence electrons. The van der Waals surface area contributed by atoms with Crippen molar-refractivity contribution in [3.63, 3.8) is 0 Å². The van der Waals surface area contributed by atoms with Crippen molar-refractivity contribution >= 4 is 35.0 Å². The smallest absolute Gasteiger partial charge is 0.260 e. The predicted octanol–water partition coefficient (Wildman–Crippen LogP) is 3.68. The molecule has 1 saturated heterocycles. The Morgan fingerprint density at radius 3 is 2.18 bits per heavy atom. The van der Waals surface area contributed by atoms with E-state index in [1.807, 2.05) is 35.2 Å². The zero-order valence-electron chi connectivity index (χ0n) is 15.4. The molecule has 7 heteroatoms. The molecule has 0 unspecified atom stereocenters. The Hall–Kier alpha value is -2.24. The van der Waals surface area contributed by atoms with Gasteiger partial charge >= 0.3 is 0 Å². The average molecular weight is 421 g/mol. The number of hydrogen-bond acceptors (Lipinski definition) is 3. The molecule has 0 saturated carbocycles. The Labute approximate surface area is 174 Å². The van der Waals surface area contributed by atoms with Gasteiger partial charge in [-0.15, -0.1) is 0 Å². The van der Waals surface area contributed by atoms with Crippen molar-refractivity contribution < 1.29 is 14.3 Å². The summed E-state index contributed by atoms with van der Waals surface area (Å²) in [6.45, 7) is 2.01. The number of halogens is 2. The topological polar surface area (TPSA) is 49.9 Å². The maximum atomic E-state index is 12.4. The van der Waals surface area contributed by atoms with Crippen LogP contribution in [0.2, 0.25) is 10.0 Å². The Kier molecular flexibility index (Phi) is 7.18. The SMILES string of the molecule is O=C(CCc1ccccc1)N1CCN(C(=O)COc2ccc(Cl)cc2Cl)CC1. The van der Waals surface area contributed by atoms with Gasteiger partial charge in [0.25, 0.3) is 5.91 Å². The van der Waals surface area contributed by atoms with Crippen LogP contribution in [0.4, 0.5) is 0 Å². The van der Waals surface area contributed by atoms with Crippen LogP contribution in [-0.4, -0.2) is 54.4 Å². The molecule has 0 bridgehead atoms. The molecule has 1 fully saturated rings. The zero-order valence-corrected chi connectivity index (χ0v) is 17.0. The highest BCUT2D eigenvalue weighted by Gasteiger charge is 2.24. The standard InChI is InChI=1S/C21H22Cl2N2O3/c22-17-7-8-19(18(23)14-17)28-15-21(27)25-12-10-24(11-13-25)20(26)9-6-16-4-2-1-3-5-16/h1-5,7-8,14H,6,9-13,15H2. The first-order valence-corrected chi connectivity index (χ1v) is 9.96. The molecule has 2 aromatic carbocycles. The van der Waals surface area contributed by atoms with Gasteiger partial charge < -0.3 is 14.5 Å². The third-order valence-corrected chi connectivity index (χ3v) is 5.23. The lowest BCUT2D eigenvalue weighted by molar-refractivity contribution is -0.140. The molecule has 5 nitrogen and oxygen atoms in total. The number of aryl methyl sites for hydroxylation is 1. The number of ether oxygens (including phenoxy) is 1.